The van der Waals surface area contributed by atoms with Crippen LogP contribution in [0, 0.1) is 0 Å². The molecule has 0 radical (unpaired) electrons. The van der Waals surface area contributed by atoms with Crippen molar-refractivity contribution in [2.24, 2.45) is 0 Å². The highest BCUT2D eigenvalue weighted by Gasteiger charge is 2.32. The van der Waals surface area contributed by atoms with Gasteiger partial charge in [0.25, 0.3) is 0 Å². The van der Waals surface area contributed by atoms with Crippen LogP contribution in [0.2, 0.25) is 0 Å². The van der Waals surface area contributed by atoms with Crippen LogP contribution in [0.15, 0.2) is 0 Å². The quantitative estimate of drug-likeness (QED) is 0.781. The molecule has 1 atom stereocenters. The molecule has 1 saturated carbocycles. The Morgan fingerprint density at radius 1 is 1.26 bits per heavy atom. The number of carbonyl (C=O) groups excluding carboxylic acids is 1. The maximum absolute atomic E-state index is 12.2. The molecule has 0 aromatic heterocycles. The van der Waals surface area contributed by atoms with Crippen molar-refractivity contribution in [1.29, 1.82) is 0 Å². The molecule has 1 aliphatic carbocycles. The predicted octanol–water partition coefficient (Wildman–Crippen LogP) is 2.90. The van der Waals surface area contributed by atoms with Gasteiger partial charge in [0.15, 0.2) is 0 Å². The first-order valence-corrected chi connectivity index (χ1v) is 8.88. The van der Waals surface area contributed by atoms with Gasteiger partial charge in [0.05, 0.1) is 6.04 Å². The molecule has 4 heteroatoms. The van der Waals surface area contributed by atoms with Crippen molar-refractivity contribution in [1.82, 2.24) is 10.2 Å². The van der Waals surface area contributed by atoms with E-state index in [0.29, 0.717) is 4.75 Å². The fourth-order valence-electron chi connectivity index (χ4n) is 2.88. The van der Waals surface area contributed by atoms with Gasteiger partial charge in [-0.25, -0.2) is 0 Å². The molecule has 0 aromatic carbocycles. The summed E-state index contributed by atoms with van der Waals surface area (Å²) in [5.74, 6) is 0.233. The molecule has 0 heterocycles. The minimum absolute atomic E-state index is 0.0640. The normalized spacial score (nSPS) is 20.0. The van der Waals surface area contributed by atoms with Crippen molar-refractivity contribution in [2.75, 3.05) is 25.9 Å². The molecule has 1 fully saturated rings. The molecule has 1 unspecified atom stereocenters. The van der Waals surface area contributed by atoms with Crippen molar-refractivity contribution < 1.29 is 4.79 Å². The number of nitrogens with zero attached hydrogens (tertiary/aromatic N) is 1. The summed E-state index contributed by atoms with van der Waals surface area (Å²) in [6, 6.07) is -0.0640. The van der Waals surface area contributed by atoms with Crippen LogP contribution in [0.1, 0.15) is 52.9 Å². The number of hydrogen-bond donors (Lipinski definition) is 1. The van der Waals surface area contributed by atoms with Gasteiger partial charge in [-0.1, -0.05) is 19.3 Å². The number of thioether (sulfide) groups is 1. The molecule has 0 bridgehead atoms. The summed E-state index contributed by atoms with van der Waals surface area (Å²) in [6.07, 6.45) is 8.82. The minimum Gasteiger partial charge on any atom is -0.342 e. The van der Waals surface area contributed by atoms with E-state index in [1.165, 1.54) is 32.1 Å². The monoisotopic (exact) mass is 286 g/mol. The summed E-state index contributed by atoms with van der Waals surface area (Å²) in [5, 5.41) is 3.48. The minimum atomic E-state index is -0.0640. The maximum atomic E-state index is 12.2. The van der Waals surface area contributed by atoms with E-state index in [4.69, 9.17) is 0 Å². The van der Waals surface area contributed by atoms with Crippen LogP contribution in [0.5, 0.6) is 0 Å². The van der Waals surface area contributed by atoms with Gasteiger partial charge in [0.2, 0.25) is 5.91 Å². The topological polar surface area (TPSA) is 32.3 Å². The molecule has 1 amide bonds. The molecular formula is C15H30N2OS. The van der Waals surface area contributed by atoms with Crippen molar-refractivity contribution in [3.8, 4) is 0 Å². The van der Waals surface area contributed by atoms with Crippen molar-refractivity contribution in [3.63, 3.8) is 0 Å². The third-order valence-electron chi connectivity index (χ3n) is 4.37. The third kappa shape index (κ3) is 4.67. The second kappa shape index (κ2) is 8.15. The third-order valence-corrected chi connectivity index (χ3v) is 5.79. The number of rotatable bonds is 7. The molecule has 0 spiro atoms. The first-order chi connectivity index (χ1) is 9.08. The van der Waals surface area contributed by atoms with Gasteiger partial charge in [-0.15, -0.1) is 0 Å². The van der Waals surface area contributed by atoms with Crippen molar-refractivity contribution in [3.05, 3.63) is 0 Å². The lowest BCUT2D eigenvalue weighted by atomic mass is 9.88. The number of amides is 1. The van der Waals surface area contributed by atoms with E-state index in [1.54, 1.807) is 0 Å². The smallest absolute Gasteiger partial charge is 0.239 e. The van der Waals surface area contributed by atoms with Gasteiger partial charge in [-0.3, -0.25) is 4.79 Å². The summed E-state index contributed by atoms with van der Waals surface area (Å²) < 4.78 is 0.357. The van der Waals surface area contributed by atoms with E-state index < -0.39 is 0 Å². The zero-order valence-electron chi connectivity index (χ0n) is 13.0. The Hall–Kier alpha value is -0.220. The van der Waals surface area contributed by atoms with E-state index in [1.807, 2.05) is 37.4 Å². The van der Waals surface area contributed by atoms with Crippen LogP contribution in [0.25, 0.3) is 0 Å². The fourth-order valence-corrected chi connectivity index (χ4v) is 3.81. The van der Waals surface area contributed by atoms with Crippen LogP contribution >= 0.6 is 11.8 Å². The van der Waals surface area contributed by atoms with Crippen LogP contribution in [-0.2, 0) is 4.79 Å². The second-order valence-corrected chi connectivity index (χ2v) is 6.84. The number of carbonyl (C=O) groups is 1. The Bertz CT molecular complexity index is 273. The van der Waals surface area contributed by atoms with Gasteiger partial charge >= 0.3 is 0 Å². The second-order valence-electron chi connectivity index (χ2n) is 5.56. The summed E-state index contributed by atoms with van der Waals surface area (Å²) in [7, 11) is 0. The van der Waals surface area contributed by atoms with E-state index in [0.717, 1.165) is 19.6 Å². The first-order valence-electron chi connectivity index (χ1n) is 7.66. The van der Waals surface area contributed by atoms with E-state index in [2.05, 4.69) is 11.6 Å². The lowest BCUT2D eigenvalue weighted by Crippen LogP contribution is -2.49. The lowest BCUT2D eigenvalue weighted by molar-refractivity contribution is -0.132. The average Bonchev–Trinajstić information content (AvgIpc) is 2.47. The first kappa shape index (κ1) is 16.8. The SMILES string of the molecule is CCN(CC)C(=O)C(C)NCC1(SC)CCCCC1. The van der Waals surface area contributed by atoms with Crippen LogP contribution in [0.4, 0.5) is 0 Å². The van der Waals surface area contributed by atoms with Gasteiger partial charge < -0.3 is 10.2 Å². The zero-order chi connectivity index (χ0) is 14.3. The fraction of sp³-hybridized carbons (Fsp3) is 0.933. The Balaban J connectivity index is 2.47. The highest BCUT2D eigenvalue weighted by Crippen LogP contribution is 2.38. The summed E-state index contributed by atoms with van der Waals surface area (Å²) in [5.41, 5.74) is 0. The Morgan fingerprint density at radius 2 is 1.84 bits per heavy atom. The van der Waals surface area contributed by atoms with Crippen LogP contribution in [-0.4, -0.2) is 47.5 Å². The van der Waals surface area contributed by atoms with E-state index in [9.17, 15) is 4.79 Å². The summed E-state index contributed by atoms with van der Waals surface area (Å²) in [4.78, 5) is 14.1. The largest absolute Gasteiger partial charge is 0.342 e. The molecule has 1 N–H and O–H groups in total. The molecule has 0 aromatic rings. The maximum Gasteiger partial charge on any atom is 0.239 e. The summed E-state index contributed by atoms with van der Waals surface area (Å²) in [6.45, 7) is 8.64. The number of likely N-dealkylation sites (N-methyl/N-ethyl adjacent to an activating group) is 1. The highest BCUT2D eigenvalue weighted by atomic mass is 32.2. The van der Waals surface area contributed by atoms with Crippen molar-refractivity contribution >= 4 is 17.7 Å². The zero-order valence-corrected chi connectivity index (χ0v) is 13.8. The molecule has 19 heavy (non-hydrogen) atoms. The van der Waals surface area contributed by atoms with Crippen molar-refractivity contribution in [2.45, 2.75) is 63.7 Å². The molecule has 112 valence electrons. The summed E-state index contributed by atoms with van der Waals surface area (Å²) >= 11 is 1.98. The molecule has 1 aliphatic rings. The highest BCUT2D eigenvalue weighted by molar-refractivity contribution is 8.00. The van der Waals surface area contributed by atoms with Gasteiger partial charge in [-0.05, 0) is 39.9 Å². The molecule has 0 aliphatic heterocycles. The van der Waals surface area contributed by atoms with Crippen LogP contribution < -0.4 is 5.32 Å². The standard InChI is InChI=1S/C15H30N2OS/c1-5-17(6-2)14(18)13(3)16-12-15(19-4)10-8-7-9-11-15/h13,16H,5-12H2,1-4H3. The lowest BCUT2D eigenvalue weighted by Gasteiger charge is -2.37. The average molecular weight is 286 g/mol. The van der Waals surface area contributed by atoms with E-state index in [-0.39, 0.29) is 11.9 Å². The predicted molar refractivity (Wildman–Crippen MR) is 84.7 cm³/mol. The number of nitrogens with one attached hydrogen (secondary N) is 1. The van der Waals surface area contributed by atoms with Gasteiger partial charge in [0.1, 0.15) is 0 Å². The van der Waals surface area contributed by atoms with Gasteiger partial charge in [-0.2, -0.15) is 11.8 Å². The van der Waals surface area contributed by atoms with E-state index >= 15 is 0 Å². The Kier molecular flexibility index (Phi) is 7.22. The van der Waals surface area contributed by atoms with Gasteiger partial charge in [0, 0.05) is 24.4 Å². The molecule has 1 rings (SSSR count). The van der Waals surface area contributed by atoms with Crippen LogP contribution in [0.3, 0.4) is 0 Å². The molecule has 0 saturated heterocycles. The molecule has 3 nitrogen and oxygen atoms in total. The number of hydrogen-bond acceptors (Lipinski definition) is 3. The molecular weight excluding hydrogens is 256 g/mol. The Morgan fingerprint density at radius 3 is 2.32 bits per heavy atom. The Labute approximate surface area is 122 Å².